The highest BCUT2D eigenvalue weighted by molar-refractivity contribution is 8.00. The van der Waals surface area contributed by atoms with Crippen molar-refractivity contribution in [2.45, 2.75) is 29.7 Å². The lowest BCUT2D eigenvalue weighted by molar-refractivity contribution is -0.384. The number of nitrogens with zero attached hydrogens (tertiary/aromatic N) is 2. The predicted molar refractivity (Wildman–Crippen MR) is 154 cm³/mol. The summed E-state index contributed by atoms with van der Waals surface area (Å²) >= 11 is 2.18. The van der Waals surface area contributed by atoms with Gasteiger partial charge >= 0.3 is 4.87 Å². The molecule has 0 bridgehead atoms. The number of amides is 2. The molecule has 41 heavy (non-hydrogen) atoms. The Bertz CT molecular complexity index is 1730. The van der Waals surface area contributed by atoms with Crippen molar-refractivity contribution in [3.8, 4) is 11.5 Å². The standard InChI is InChI=1S/C29H23N3O7S2/c1-15-3-5-16(6-4-15)14-39-20-12-7-17(13-21(20)38-2)22-23-25(40-26-24(22)41-29(35)30-26)28(34)31(27(23)33)18-8-10-19(11-9-18)32(36)37/h3-13,22-23,25H,14H2,1-2H3,(H,30,35). The third-order valence-electron chi connectivity index (χ3n) is 7.20. The molecule has 0 radical (unpaired) electrons. The highest BCUT2D eigenvalue weighted by atomic mass is 32.2. The van der Waals surface area contributed by atoms with E-state index in [2.05, 4.69) is 4.98 Å². The van der Waals surface area contributed by atoms with Crippen LogP contribution < -0.4 is 19.2 Å². The van der Waals surface area contributed by atoms with Gasteiger partial charge in [0.25, 0.3) is 5.69 Å². The van der Waals surface area contributed by atoms with E-state index in [0.717, 1.165) is 39.1 Å². The Balaban J connectivity index is 1.36. The minimum Gasteiger partial charge on any atom is -0.493 e. The summed E-state index contributed by atoms with van der Waals surface area (Å²) in [5.74, 6) is -1.30. The number of fused-ring (bicyclic) bond motifs is 2. The normalized spacial score (nSPS) is 19.6. The van der Waals surface area contributed by atoms with E-state index in [9.17, 15) is 24.5 Å². The van der Waals surface area contributed by atoms with E-state index in [1.54, 1.807) is 12.1 Å². The van der Waals surface area contributed by atoms with Crippen molar-refractivity contribution in [1.29, 1.82) is 0 Å². The summed E-state index contributed by atoms with van der Waals surface area (Å²) in [6.07, 6.45) is 0. The van der Waals surface area contributed by atoms with Crippen LogP contribution in [0.4, 0.5) is 11.4 Å². The van der Waals surface area contributed by atoms with E-state index < -0.39 is 33.8 Å². The summed E-state index contributed by atoms with van der Waals surface area (Å²) in [5, 5.41) is 10.9. The van der Waals surface area contributed by atoms with Gasteiger partial charge in [-0.2, -0.15) is 0 Å². The zero-order valence-corrected chi connectivity index (χ0v) is 23.5. The molecule has 1 fully saturated rings. The van der Waals surface area contributed by atoms with Crippen molar-refractivity contribution < 1.29 is 24.0 Å². The van der Waals surface area contributed by atoms with Gasteiger partial charge in [0.15, 0.2) is 11.5 Å². The first-order valence-electron chi connectivity index (χ1n) is 12.6. The molecule has 2 aliphatic heterocycles. The number of non-ortho nitro benzene ring substituents is 1. The van der Waals surface area contributed by atoms with E-state index in [1.807, 2.05) is 37.3 Å². The van der Waals surface area contributed by atoms with Gasteiger partial charge in [-0.1, -0.05) is 59.0 Å². The number of hydrogen-bond acceptors (Lipinski definition) is 9. The van der Waals surface area contributed by atoms with Crippen LogP contribution in [0.5, 0.6) is 11.5 Å². The molecule has 3 aromatic carbocycles. The Morgan fingerprint density at radius 1 is 0.976 bits per heavy atom. The Kier molecular flexibility index (Phi) is 6.88. The fourth-order valence-corrected chi connectivity index (χ4v) is 7.71. The fourth-order valence-electron chi connectivity index (χ4n) is 5.20. The molecule has 2 amide bonds. The number of ether oxygens (including phenoxy) is 2. The van der Waals surface area contributed by atoms with Crippen LogP contribution in [0.15, 0.2) is 76.6 Å². The largest absolute Gasteiger partial charge is 0.493 e. The number of H-pyrrole nitrogens is 1. The molecule has 0 spiro atoms. The molecule has 6 rings (SSSR count). The summed E-state index contributed by atoms with van der Waals surface area (Å²) in [5.41, 5.74) is 2.96. The number of aryl methyl sites for hydroxylation is 1. The second kappa shape index (κ2) is 10.5. The summed E-state index contributed by atoms with van der Waals surface area (Å²) in [6, 6.07) is 18.7. The Morgan fingerprint density at radius 2 is 1.71 bits per heavy atom. The van der Waals surface area contributed by atoms with Gasteiger partial charge in [-0.05, 0) is 42.3 Å². The third kappa shape index (κ3) is 4.78. The number of aromatic nitrogens is 1. The lowest BCUT2D eigenvalue weighted by atomic mass is 9.83. The number of hydrogen-bond donors (Lipinski definition) is 1. The van der Waals surface area contributed by atoms with Crippen molar-refractivity contribution in [2.75, 3.05) is 12.0 Å². The first-order valence-corrected chi connectivity index (χ1v) is 14.3. The van der Waals surface area contributed by atoms with Crippen LogP contribution in [0.3, 0.4) is 0 Å². The number of nitro groups is 1. The van der Waals surface area contributed by atoms with Gasteiger partial charge < -0.3 is 14.5 Å². The zero-order valence-electron chi connectivity index (χ0n) is 21.9. The minimum atomic E-state index is -0.800. The Hall–Kier alpha value is -4.42. The monoisotopic (exact) mass is 589 g/mol. The summed E-state index contributed by atoms with van der Waals surface area (Å²) in [7, 11) is 1.53. The highest BCUT2D eigenvalue weighted by Gasteiger charge is 2.56. The van der Waals surface area contributed by atoms with Crippen LogP contribution in [0, 0.1) is 23.0 Å². The van der Waals surface area contributed by atoms with Gasteiger partial charge in [-0.3, -0.25) is 24.5 Å². The lowest BCUT2D eigenvalue weighted by Gasteiger charge is -2.30. The summed E-state index contributed by atoms with van der Waals surface area (Å²) in [6.45, 7) is 2.35. The second-order valence-electron chi connectivity index (χ2n) is 9.72. The first kappa shape index (κ1) is 26.8. The molecule has 10 nitrogen and oxygen atoms in total. The van der Waals surface area contributed by atoms with Crippen LogP contribution in [0.25, 0.3) is 0 Å². The van der Waals surface area contributed by atoms with Crippen LogP contribution in [-0.4, -0.2) is 34.1 Å². The maximum absolute atomic E-state index is 13.9. The number of carbonyl (C=O) groups is 2. The zero-order chi connectivity index (χ0) is 28.8. The number of nitro benzene ring substituents is 1. The van der Waals surface area contributed by atoms with Gasteiger partial charge in [0.1, 0.15) is 11.9 Å². The molecule has 12 heteroatoms. The highest BCUT2D eigenvalue weighted by Crippen LogP contribution is 2.53. The maximum atomic E-state index is 13.9. The third-order valence-corrected chi connectivity index (χ3v) is 9.61. The number of thiazole rings is 1. The molecule has 1 aromatic heterocycles. The number of anilines is 1. The molecule has 0 aliphatic carbocycles. The average Bonchev–Trinajstić information content (AvgIpc) is 3.46. The van der Waals surface area contributed by atoms with Crippen LogP contribution >= 0.6 is 23.1 Å². The van der Waals surface area contributed by atoms with Crippen molar-refractivity contribution in [2.24, 2.45) is 5.92 Å². The van der Waals surface area contributed by atoms with Crippen molar-refractivity contribution in [3.05, 3.63) is 108 Å². The number of benzene rings is 3. The van der Waals surface area contributed by atoms with E-state index in [-0.39, 0.29) is 16.2 Å². The smallest absolute Gasteiger partial charge is 0.305 e. The van der Waals surface area contributed by atoms with Gasteiger partial charge in [0.05, 0.1) is 28.7 Å². The molecular formula is C29H23N3O7S2. The van der Waals surface area contributed by atoms with E-state index >= 15 is 0 Å². The van der Waals surface area contributed by atoms with Crippen molar-refractivity contribution in [1.82, 2.24) is 4.98 Å². The van der Waals surface area contributed by atoms with Crippen molar-refractivity contribution >= 4 is 46.3 Å². The molecule has 1 saturated heterocycles. The molecule has 0 saturated carbocycles. The molecular weight excluding hydrogens is 566 g/mol. The van der Waals surface area contributed by atoms with Gasteiger partial charge in [-0.25, -0.2) is 4.90 Å². The molecule has 3 unspecified atom stereocenters. The summed E-state index contributed by atoms with van der Waals surface area (Å²) < 4.78 is 11.7. The van der Waals surface area contributed by atoms with E-state index in [1.165, 1.54) is 31.4 Å². The lowest BCUT2D eigenvalue weighted by Crippen LogP contribution is -2.32. The first-order chi connectivity index (χ1) is 19.7. The van der Waals surface area contributed by atoms with Crippen LogP contribution in [0.1, 0.15) is 27.5 Å². The SMILES string of the molecule is COc1cc(C2c3sc(=O)[nH]c3SC3C(=O)N(c4ccc([N+](=O)[O-])cc4)C(=O)C32)ccc1OCc1ccc(C)cc1. The summed E-state index contributed by atoms with van der Waals surface area (Å²) in [4.78, 5) is 54.7. The Labute approximate surface area is 242 Å². The Morgan fingerprint density at radius 3 is 2.39 bits per heavy atom. The van der Waals surface area contributed by atoms with Gasteiger partial charge in [0, 0.05) is 22.9 Å². The quantitative estimate of drug-likeness (QED) is 0.180. The number of carbonyl (C=O) groups excluding carboxylic acids is 2. The minimum absolute atomic E-state index is 0.144. The van der Waals surface area contributed by atoms with Crippen molar-refractivity contribution in [3.63, 3.8) is 0 Å². The molecule has 2 aliphatic rings. The maximum Gasteiger partial charge on any atom is 0.305 e. The van der Waals surface area contributed by atoms with E-state index in [0.29, 0.717) is 33.6 Å². The number of imide groups is 1. The number of aromatic amines is 1. The molecule has 3 heterocycles. The molecule has 1 N–H and O–H groups in total. The predicted octanol–water partition coefficient (Wildman–Crippen LogP) is 5.04. The van der Waals surface area contributed by atoms with Crippen LogP contribution in [0.2, 0.25) is 0 Å². The molecule has 208 valence electrons. The number of thioether (sulfide) groups is 1. The van der Waals surface area contributed by atoms with Gasteiger partial charge in [0.2, 0.25) is 11.8 Å². The topological polar surface area (TPSA) is 132 Å². The van der Waals surface area contributed by atoms with Gasteiger partial charge in [-0.15, -0.1) is 0 Å². The number of rotatable bonds is 7. The number of nitrogens with one attached hydrogen (secondary N) is 1. The van der Waals surface area contributed by atoms with Crippen LogP contribution in [-0.2, 0) is 16.2 Å². The molecule has 3 atom stereocenters. The molecule has 4 aromatic rings. The van der Waals surface area contributed by atoms with E-state index in [4.69, 9.17) is 9.47 Å². The average molecular weight is 590 g/mol. The number of methoxy groups -OCH3 is 1. The second-order valence-corrected chi connectivity index (χ2v) is 11.9. The fraction of sp³-hybridized carbons (Fsp3) is 0.207.